The van der Waals surface area contributed by atoms with Crippen LogP contribution >= 0.6 is 0 Å². The predicted molar refractivity (Wildman–Crippen MR) is 110 cm³/mol. The normalized spacial score (nSPS) is 23.9. The number of halogens is 1. The third-order valence-corrected chi connectivity index (χ3v) is 6.64. The molecule has 1 saturated carbocycles. The number of fused-ring (bicyclic) bond motifs is 2. The van der Waals surface area contributed by atoms with Crippen LogP contribution in [-0.2, 0) is 16.0 Å². The number of nitrogens with zero attached hydrogens (tertiary/aromatic N) is 3. The molecule has 1 amide bonds. The van der Waals surface area contributed by atoms with Gasteiger partial charge >= 0.3 is 0 Å². The van der Waals surface area contributed by atoms with Gasteiger partial charge in [0.05, 0.1) is 23.7 Å². The quantitative estimate of drug-likeness (QED) is 0.770. The van der Waals surface area contributed by atoms with Crippen molar-refractivity contribution >= 4 is 12.0 Å². The zero-order valence-corrected chi connectivity index (χ0v) is 17.5. The minimum atomic E-state index is -0.259. The first-order chi connectivity index (χ1) is 13.8. The molecule has 2 aliphatic rings. The average Bonchev–Trinajstić information content (AvgIpc) is 3.25. The van der Waals surface area contributed by atoms with Crippen LogP contribution in [0.15, 0.2) is 36.0 Å². The molecule has 1 heterocycles. The van der Waals surface area contributed by atoms with E-state index in [1.54, 1.807) is 19.2 Å². The van der Waals surface area contributed by atoms with E-state index in [4.69, 9.17) is 4.74 Å². The molecule has 1 aromatic carbocycles. The Bertz CT molecular complexity index is 950. The monoisotopic (exact) mass is 397 g/mol. The van der Waals surface area contributed by atoms with Gasteiger partial charge in [0.15, 0.2) is 0 Å². The van der Waals surface area contributed by atoms with Gasteiger partial charge in [-0.05, 0) is 62.1 Å². The molecule has 0 bridgehead atoms. The van der Waals surface area contributed by atoms with Crippen LogP contribution in [0.3, 0.4) is 0 Å². The number of rotatable bonds is 5. The summed E-state index contributed by atoms with van der Waals surface area (Å²) in [5.74, 6) is -0.107. The number of ether oxygens (including phenoxy) is 1. The SMILES string of the molecule is CO[C@@H](C)CN(C)C(=O)[C@H]1CCC2=Cc3c(cnn3-c3ccc(F)cc3)C[C@@]21C. The van der Waals surface area contributed by atoms with Crippen molar-refractivity contribution in [3.63, 3.8) is 0 Å². The van der Waals surface area contributed by atoms with Gasteiger partial charge in [-0.25, -0.2) is 9.07 Å². The molecule has 0 spiro atoms. The first-order valence-electron chi connectivity index (χ1n) is 10.1. The van der Waals surface area contributed by atoms with E-state index in [0.29, 0.717) is 6.54 Å². The minimum absolute atomic E-state index is 0.0140. The maximum atomic E-state index is 13.3. The molecule has 6 heteroatoms. The van der Waals surface area contributed by atoms with Gasteiger partial charge < -0.3 is 9.64 Å². The van der Waals surface area contributed by atoms with Crippen LogP contribution in [0.4, 0.5) is 4.39 Å². The summed E-state index contributed by atoms with van der Waals surface area (Å²) >= 11 is 0. The molecule has 29 heavy (non-hydrogen) atoms. The number of allylic oxidation sites excluding steroid dienone is 1. The summed E-state index contributed by atoms with van der Waals surface area (Å²) in [5, 5.41) is 4.55. The number of hydrogen-bond donors (Lipinski definition) is 0. The molecule has 4 rings (SSSR count). The first kappa shape index (κ1) is 19.8. The second-order valence-corrected chi connectivity index (χ2v) is 8.56. The van der Waals surface area contributed by atoms with Crippen LogP contribution in [0.1, 0.15) is 37.9 Å². The fraction of sp³-hybridized carbons (Fsp3) is 0.478. The van der Waals surface area contributed by atoms with Gasteiger partial charge in [-0.15, -0.1) is 0 Å². The highest BCUT2D eigenvalue weighted by molar-refractivity contribution is 5.82. The molecule has 0 N–H and O–H groups in total. The lowest BCUT2D eigenvalue weighted by atomic mass is 9.69. The standard InChI is InChI=1S/C23H28FN3O2/c1-15(29-4)14-26(3)22(28)20-10-5-17-11-21-16(12-23(17,20)2)13-25-27(21)19-8-6-18(24)7-9-19/h6-9,11,13,15,20H,5,10,12,14H2,1-4H3/t15-,20+,23-/m0/s1. The van der Waals surface area contributed by atoms with Gasteiger partial charge in [0.2, 0.25) is 5.91 Å². The Hall–Kier alpha value is -2.47. The Morgan fingerprint density at radius 2 is 2.14 bits per heavy atom. The summed E-state index contributed by atoms with van der Waals surface area (Å²) in [6, 6.07) is 6.37. The van der Waals surface area contributed by atoms with E-state index >= 15 is 0 Å². The average molecular weight is 397 g/mol. The number of aromatic nitrogens is 2. The van der Waals surface area contributed by atoms with E-state index in [0.717, 1.165) is 36.2 Å². The fourth-order valence-corrected chi connectivity index (χ4v) is 4.84. The van der Waals surface area contributed by atoms with Crippen molar-refractivity contribution in [1.82, 2.24) is 14.7 Å². The van der Waals surface area contributed by atoms with Crippen molar-refractivity contribution in [3.8, 4) is 5.69 Å². The summed E-state index contributed by atoms with van der Waals surface area (Å²) in [5.41, 5.74) is 4.13. The van der Waals surface area contributed by atoms with Crippen molar-refractivity contribution in [2.75, 3.05) is 20.7 Å². The van der Waals surface area contributed by atoms with E-state index in [1.807, 2.05) is 29.7 Å². The van der Waals surface area contributed by atoms with Crippen LogP contribution in [0, 0.1) is 17.2 Å². The highest BCUT2D eigenvalue weighted by Crippen LogP contribution is 2.53. The maximum Gasteiger partial charge on any atom is 0.226 e. The van der Waals surface area contributed by atoms with E-state index in [2.05, 4.69) is 18.1 Å². The molecular formula is C23H28FN3O2. The Balaban J connectivity index is 1.61. The smallest absolute Gasteiger partial charge is 0.226 e. The Morgan fingerprint density at radius 1 is 1.41 bits per heavy atom. The van der Waals surface area contributed by atoms with E-state index in [-0.39, 0.29) is 29.2 Å². The van der Waals surface area contributed by atoms with Crippen LogP contribution in [0.25, 0.3) is 11.8 Å². The molecule has 0 aliphatic heterocycles. The lowest BCUT2D eigenvalue weighted by Crippen LogP contribution is -2.43. The van der Waals surface area contributed by atoms with E-state index in [1.165, 1.54) is 17.7 Å². The minimum Gasteiger partial charge on any atom is -0.380 e. The summed E-state index contributed by atoms with van der Waals surface area (Å²) in [7, 11) is 3.53. The summed E-state index contributed by atoms with van der Waals surface area (Å²) < 4.78 is 20.5. The summed E-state index contributed by atoms with van der Waals surface area (Å²) in [6.07, 6.45) is 6.66. The molecular weight excluding hydrogens is 369 g/mol. The maximum absolute atomic E-state index is 13.3. The highest BCUT2D eigenvalue weighted by atomic mass is 19.1. The van der Waals surface area contributed by atoms with Crippen molar-refractivity contribution < 1.29 is 13.9 Å². The van der Waals surface area contributed by atoms with Crippen molar-refractivity contribution in [2.24, 2.45) is 11.3 Å². The molecule has 1 aromatic heterocycles. The summed E-state index contributed by atoms with van der Waals surface area (Å²) in [6.45, 7) is 4.77. The Morgan fingerprint density at radius 3 is 2.83 bits per heavy atom. The third kappa shape index (κ3) is 3.39. The Kier molecular flexibility index (Phi) is 5.07. The lowest BCUT2D eigenvalue weighted by Gasteiger charge is -2.37. The number of hydrogen-bond acceptors (Lipinski definition) is 3. The number of carbonyl (C=O) groups excluding carboxylic acids is 1. The second kappa shape index (κ2) is 7.41. The molecule has 0 saturated heterocycles. The molecule has 0 radical (unpaired) electrons. The van der Waals surface area contributed by atoms with E-state index in [9.17, 15) is 9.18 Å². The van der Waals surface area contributed by atoms with Crippen LogP contribution in [0.5, 0.6) is 0 Å². The molecule has 5 nitrogen and oxygen atoms in total. The highest BCUT2D eigenvalue weighted by Gasteiger charge is 2.49. The second-order valence-electron chi connectivity index (χ2n) is 8.56. The zero-order chi connectivity index (χ0) is 20.8. The van der Waals surface area contributed by atoms with Crippen molar-refractivity contribution in [1.29, 1.82) is 0 Å². The Labute approximate surface area is 171 Å². The number of benzene rings is 1. The van der Waals surface area contributed by atoms with Gasteiger partial charge in [0, 0.05) is 32.0 Å². The fourth-order valence-electron chi connectivity index (χ4n) is 4.84. The van der Waals surface area contributed by atoms with Crippen LogP contribution < -0.4 is 0 Å². The third-order valence-electron chi connectivity index (χ3n) is 6.64. The van der Waals surface area contributed by atoms with Gasteiger partial charge in [0.25, 0.3) is 0 Å². The number of methoxy groups -OCH3 is 1. The number of carbonyl (C=O) groups is 1. The van der Waals surface area contributed by atoms with Crippen molar-refractivity contribution in [3.05, 3.63) is 53.1 Å². The van der Waals surface area contributed by atoms with Gasteiger partial charge in [0.1, 0.15) is 5.82 Å². The largest absolute Gasteiger partial charge is 0.380 e. The zero-order valence-electron chi connectivity index (χ0n) is 17.5. The molecule has 2 aliphatic carbocycles. The van der Waals surface area contributed by atoms with Crippen molar-refractivity contribution in [2.45, 2.75) is 39.2 Å². The van der Waals surface area contributed by atoms with Gasteiger partial charge in [-0.2, -0.15) is 5.10 Å². The predicted octanol–water partition coefficient (Wildman–Crippen LogP) is 3.86. The molecule has 154 valence electrons. The topological polar surface area (TPSA) is 47.4 Å². The van der Waals surface area contributed by atoms with E-state index < -0.39 is 0 Å². The van der Waals surface area contributed by atoms with Crippen LogP contribution in [0.2, 0.25) is 0 Å². The van der Waals surface area contributed by atoms with Crippen LogP contribution in [-0.4, -0.2) is 47.4 Å². The summed E-state index contributed by atoms with van der Waals surface area (Å²) in [4.78, 5) is 15.0. The molecule has 3 atom stereocenters. The molecule has 2 aromatic rings. The molecule has 0 unspecified atom stereocenters. The van der Waals surface area contributed by atoms with Gasteiger partial charge in [-0.3, -0.25) is 4.79 Å². The number of amides is 1. The van der Waals surface area contributed by atoms with Gasteiger partial charge in [-0.1, -0.05) is 12.5 Å². The number of likely N-dealkylation sites (N-methyl/N-ethyl adjacent to an activating group) is 1. The lowest BCUT2D eigenvalue weighted by molar-refractivity contribution is -0.138. The molecule has 1 fully saturated rings. The first-order valence-corrected chi connectivity index (χ1v) is 10.1.